The zero-order chi connectivity index (χ0) is 13.0. The minimum Gasteiger partial charge on any atom is -0.508 e. The predicted octanol–water partition coefficient (Wildman–Crippen LogP) is 1.23. The van der Waals surface area contributed by atoms with Crippen molar-refractivity contribution >= 4 is 5.91 Å². The fourth-order valence-corrected chi connectivity index (χ4v) is 1.51. The van der Waals surface area contributed by atoms with Crippen LogP contribution in [0.5, 0.6) is 5.75 Å². The van der Waals surface area contributed by atoms with Crippen LogP contribution in [-0.4, -0.2) is 27.5 Å². The van der Waals surface area contributed by atoms with Crippen LogP contribution in [0.1, 0.15) is 16.2 Å². The molecule has 6 heteroatoms. The Hall–Kier alpha value is -2.37. The van der Waals surface area contributed by atoms with Gasteiger partial charge in [0.1, 0.15) is 17.4 Å². The minimum atomic E-state index is -0.745. The smallest absolute Gasteiger partial charge is 0.254 e. The molecule has 0 aliphatic heterocycles. The number of aromatic nitrogens is 2. The van der Waals surface area contributed by atoms with Gasteiger partial charge in [-0.1, -0.05) is 0 Å². The number of aromatic amines is 1. The molecule has 1 aromatic heterocycles. The Labute approximate surface area is 103 Å². The van der Waals surface area contributed by atoms with Crippen molar-refractivity contribution in [2.24, 2.45) is 0 Å². The first-order valence-corrected chi connectivity index (χ1v) is 5.42. The Balaban J connectivity index is 1.91. The summed E-state index contributed by atoms with van der Waals surface area (Å²) >= 11 is 0. The number of imidazole rings is 1. The van der Waals surface area contributed by atoms with Crippen molar-refractivity contribution < 1.29 is 14.3 Å². The predicted molar refractivity (Wildman–Crippen MR) is 62.7 cm³/mol. The summed E-state index contributed by atoms with van der Waals surface area (Å²) in [5.41, 5.74) is -0.0905. The minimum absolute atomic E-state index is 0.0905. The fraction of sp³-hybridized carbons (Fsp3) is 0.167. The first-order chi connectivity index (χ1) is 8.66. The van der Waals surface area contributed by atoms with E-state index >= 15 is 0 Å². The summed E-state index contributed by atoms with van der Waals surface area (Å²) in [4.78, 5) is 18.5. The molecule has 0 aliphatic rings. The lowest BCUT2D eigenvalue weighted by atomic mass is 10.2. The number of phenols is 1. The van der Waals surface area contributed by atoms with Gasteiger partial charge >= 0.3 is 0 Å². The van der Waals surface area contributed by atoms with Gasteiger partial charge in [-0.15, -0.1) is 0 Å². The molecule has 2 rings (SSSR count). The Morgan fingerprint density at radius 2 is 2.33 bits per heavy atom. The number of halogens is 1. The Morgan fingerprint density at radius 3 is 3.00 bits per heavy atom. The van der Waals surface area contributed by atoms with Gasteiger partial charge in [-0.2, -0.15) is 0 Å². The molecule has 0 bridgehead atoms. The summed E-state index contributed by atoms with van der Waals surface area (Å²) in [6, 6.07) is 3.42. The number of benzene rings is 1. The van der Waals surface area contributed by atoms with Gasteiger partial charge in [-0.05, 0) is 12.1 Å². The van der Waals surface area contributed by atoms with Crippen molar-refractivity contribution in [3.8, 4) is 5.75 Å². The van der Waals surface area contributed by atoms with Gasteiger partial charge in [0.2, 0.25) is 0 Å². The highest BCUT2D eigenvalue weighted by atomic mass is 19.1. The van der Waals surface area contributed by atoms with E-state index in [9.17, 15) is 9.18 Å². The summed E-state index contributed by atoms with van der Waals surface area (Å²) in [5, 5.41) is 11.6. The van der Waals surface area contributed by atoms with Crippen LogP contribution in [0.25, 0.3) is 0 Å². The Morgan fingerprint density at radius 1 is 1.50 bits per heavy atom. The number of carbonyl (C=O) groups excluding carboxylic acids is 1. The molecule has 0 saturated carbocycles. The van der Waals surface area contributed by atoms with Crippen molar-refractivity contribution in [3.63, 3.8) is 0 Å². The molecule has 2 aromatic rings. The number of aromatic hydroxyl groups is 1. The van der Waals surface area contributed by atoms with Gasteiger partial charge in [0.05, 0.1) is 5.56 Å². The Bertz CT molecular complexity index is 540. The van der Waals surface area contributed by atoms with E-state index in [2.05, 4.69) is 15.3 Å². The lowest BCUT2D eigenvalue weighted by Gasteiger charge is -2.05. The second-order valence-corrected chi connectivity index (χ2v) is 3.71. The maximum absolute atomic E-state index is 13.4. The molecule has 0 unspecified atom stereocenters. The second-order valence-electron chi connectivity index (χ2n) is 3.71. The third-order valence-electron chi connectivity index (χ3n) is 2.40. The number of hydrogen-bond donors (Lipinski definition) is 3. The van der Waals surface area contributed by atoms with E-state index in [0.717, 1.165) is 11.9 Å². The molecule has 0 radical (unpaired) electrons. The summed E-state index contributed by atoms with van der Waals surface area (Å²) in [7, 11) is 0. The van der Waals surface area contributed by atoms with Crippen LogP contribution in [0.15, 0.2) is 30.6 Å². The second kappa shape index (κ2) is 5.31. The molecular formula is C12H12FN3O2. The number of nitrogens with one attached hydrogen (secondary N) is 2. The molecule has 94 valence electrons. The molecule has 0 spiro atoms. The van der Waals surface area contributed by atoms with Gasteiger partial charge in [0.25, 0.3) is 5.91 Å². The molecule has 0 fully saturated rings. The lowest BCUT2D eigenvalue weighted by molar-refractivity contribution is 0.0950. The highest BCUT2D eigenvalue weighted by Crippen LogP contribution is 2.14. The van der Waals surface area contributed by atoms with E-state index in [-0.39, 0.29) is 11.3 Å². The maximum atomic E-state index is 13.4. The summed E-state index contributed by atoms with van der Waals surface area (Å²) in [5.74, 6) is -0.717. The van der Waals surface area contributed by atoms with E-state index in [1.54, 1.807) is 12.4 Å². The average molecular weight is 249 g/mol. The van der Waals surface area contributed by atoms with Crippen molar-refractivity contribution in [1.29, 1.82) is 0 Å². The molecule has 0 saturated heterocycles. The van der Waals surface area contributed by atoms with E-state index < -0.39 is 11.7 Å². The fourth-order valence-electron chi connectivity index (χ4n) is 1.51. The number of hydrogen-bond acceptors (Lipinski definition) is 3. The van der Waals surface area contributed by atoms with Crippen LogP contribution in [0.3, 0.4) is 0 Å². The van der Waals surface area contributed by atoms with Crippen LogP contribution >= 0.6 is 0 Å². The first kappa shape index (κ1) is 12.1. The summed E-state index contributed by atoms with van der Waals surface area (Å²) in [6.07, 6.45) is 3.85. The monoisotopic (exact) mass is 249 g/mol. The Kier molecular flexibility index (Phi) is 3.57. The maximum Gasteiger partial charge on any atom is 0.254 e. The van der Waals surface area contributed by atoms with Crippen molar-refractivity contribution in [2.75, 3.05) is 6.54 Å². The van der Waals surface area contributed by atoms with E-state index in [4.69, 9.17) is 5.11 Å². The molecule has 1 amide bonds. The quantitative estimate of drug-likeness (QED) is 0.762. The standard InChI is InChI=1S/C12H12FN3O2/c13-10-7-8(17)1-2-9(10)12(18)16-4-3-11-14-5-6-15-11/h1-2,5-7,17H,3-4H2,(H,14,15)(H,16,18). The lowest BCUT2D eigenvalue weighted by Crippen LogP contribution is -2.26. The first-order valence-electron chi connectivity index (χ1n) is 5.42. The number of H-pyrrole nitrogens is 1. The number of amides is 1. The van der Waals surface area contributed by atoms with Crippen LogP contribution in [0, 0.1) is 5.82 Å². The van der Waals surface area contributed by atoms with Crippen molar-refractivity contribution in [2.45, 2.75) is 6.42 Å². The highest BCUT2D eigenvalue weighted by molar-refractivity contribution is 5.94. The van der Waals surface area contributed by atoms with E-state index in [0.29, 0.717) is 13.0 Å². The van der Waals surface area contributed by atoms with E-state index in [1.165, 1.54) is 12.1 Å². The van der Waals surface area contributed by atoms with Gasteiger partial charge in [-0.25, -0.2) is 9.37 Å². The number of rotatable bonds is 4. The normalized spacial score (nSPS) is 10.3. The molecule has 0 atom stereocenters. The molecule has 5 nitrogen and oxygen atoms in total. The molecule has 18 heavy (non-hydrogen) atoms. The van der Waals surface area contributed by atoms with Crippen molar-refractivity contribution in [3.05, 3.63) is 47.8 Å². The zero-order valence-electron chi connectivity index (χ0n) is 9.48. The van der Waals surface area contributed by atoms with Crippen LogP contribution in [-0.2, 0) is 6.42 Å². The van der Waals surface area contributed by atoms with Gasteiger partial charge in [0.15, 0.2) is 0 Å². The molecule has 1 aromatic carbocycles. The zero-order valence-corrected chi connectivity index (χ0v) is 9.48. The number of carbonyl (C=O) groups is 1. The molecule has 0 aliphatic carbocycles. The van der Waals surface area contributed by atoms with Crippen LogP contribution in [0.2, 0.25) is 0 Å². The number of phenolic OH excluding ortho intramolecular Hbond substituents is 1. The summed E-state index contributed by atoms with van der Waals surface area (Å²) in [6.45, 7) is 0.354. The third-order valence-corrected chi connectivity index (χ3v) is 2.40. The van der Waals surface area contributed by atoms with E-state index in [1.807, 2.05) is 0 Å². The third kappa shape index (κ3) is 2.85. The van der Waals surface area contributed by atoms with Crippen LogP contribution in [0.4, 0.5) is 4.39 Å². The van der Waals surface area contributed by atoms with Crippen LogP contribution < -0.4 is 5.32 Å². The van der Waals surface area contributed by atoms with Gasteiger partial charge < -0.3 is 15.4 Å². The molecular weight excluding hydrogens is 237 g/mol. The topological polar surface area (TPSA) is 78.0 Å². The molecule has 3 N–H and O–H groups in total. The highest BCUT2D eigenvalue weighted by Gasteiger charge is 2.11. The van der Waals surface area contributed by atoms with Crippen molar-refractivity contribution in [1.82, 2.24) is 15.3 Å². The average Bonchev–Trinajstić information content (AvgIpc) is 2.81. The largest absolute Gasteiger partial charge is 0.508 e. The van der Waals surface area contributed by atoms with Gasteiger partial charge in [0, 0.05) is 31.4 Å². The molecule has 1 heterocycles. The summed E-state index contributed by atoms with van der Waals surface area (Å²) < 4.78 is 13.4. The number of nitrogens with zero attached hydrogens (tertiary/aromatic N) is 1. The SMILES string of the molecule is O=C(NCCc1ncc[nH]1)c1ccc(O)cc1F. The van der Waals surface area contributed by atoms with Gasteiger partial charge in [-0.3, -0.25) is 4.79 Å².